The van der Waals surface area contributed by atoms with Crippen molar-refractivity contribution in [2.45, 2.75) is 216 Å². The molecule has 11 atom stereocenters. The molecule has 0 bridgehead atoms. The summed E-state index contributed by atoms with van der Waals surface area (Å²) in [6.07, 6.45) is 12.5. The third kappa shape index (κ3) is 22.1. The fourth-order valence-corrected chi connectivity index (χ4v) is 6.89. The normalized spacial score (nSPS) is 28.0. The van der Waals surface area contributed by atoms with Gasteiger partial charge in [0.25, 0.3) is 0 Å². The number of carbonyl (C=O) groups is 2. The molecule has 0 spiro atoms. The van der Waals surface area contributed by atoms with Crippen molar-refractivity contribution in [2.75, 3.05) is 26.4 Å². The van der Waals surface area contributed by atoms with Gasteiger partial charge in [-0.05, 0) is 44.9 Å². The number of ether oxygens (including phenoxy) is 6. The largest absolute Gasteiger partial charge is 0.462 e. The first-order valence-electron chi connectivity index (χ1n) is 22.4. The number of unbranched alkanes of at least 4 members (excludes halogenated alkanes) is 15. The SMILES string of the molecule is CCCCCC/C=C\C/C=C\CCCCCCCC(=O)OC(COC(=O)CCCCCCCCC)COC1OC(COC2OC(CO)C(O)C(O)C2O)C(O)C(O)C1O. The molecule has 7 N–H and O–H groups in total. The van der Waals surface area contributed by atoms with E-state index in [0.29, 0.717) is 12.8 Å². The first kappa shape index (κ1) is 53.1. The van der Waals surface area contributed by atoms with E-state index in [1.807, 2.05) is 0 Å². The predicted octanol–water partition coefficient (Wildman–Crippen LogP) is 4.43. The summed E-state index contributed by atoms with van der Waals surface area (Å²) in [5.41, 5.74) is 0. The highest BCUT2D eigenvalue weighted by Gasteiger charge is 2.47. The lowest BCUT2D eigenvalue weighted by Crippen LogP contribution is -2.61. The van der Waals surface area contributed by atoms with Gasteiger partial charge < -0.3 is 64.2 Å². The van der Waals surface area contributed by atoms with E-state index in [2.05, 4.69) is 38.2 Å². The van der Waals surface area contributed by atoms with Gasteiger partial charge in [0.05, 0.1) is 19.8 Å². The first-order chi connectivity index (χ1) is 28.5. The van der Waals surface area contributed by atoms with Gasteiger partial charge in [-0.2, -0.15) is 0 Å². The highest BCUT2D eigenvalue weighted by atomic mass is 16.7. The highest BCUT2D eigenvalue weighted by Crippen LogP contribution is 2.26. The quantitative estimate of drug-likeness (QED) is 0.0275. The standard InChI is InChI=1S/C44H78O15/c1-3-5-7-9-11-12-13-14-15-16-17-18-19-21-23-25-27-36(47)57-32(29-54-35(46)26-24-22-20-10-8-6-4-2)30-55-43-42(53)40(51)38(49)34(59-43)31-56-44-41(52)39(50)37(48)33(28-45)58-44/h12-13,15-16,32-34,37-45,48-53H,3-11,14,17-31H2,1-2H3/b13-12-,16-15-. The summed E-state index contributed by atoms with van der Waals surface area (Å²) in [6.45, 7) is 2.48. The van der Waals surface area contributed by atoms with Crippen LogP contribution in [0.1, 0.15) is 149 Å². The molecule has 2 aliphatic heterocycles. The van der Waals surface area contributed by atoms with Crippen LogP contribution in [0.4, 0.5) is 0 Å². The first-order valence-corrected chi connectivity index (χ1v) is 22.4. The lowest BCUT2D eigenvalue weighted by molar-refractivity contribution is -0.332. The van der Waals surface area contributed by atoms with E-state index in [0.717, 1.165) is 70.6 Å². The molecule has 15 nitrogen and oxygen atoms in total. The molecule has 2 heterocycles. The average molecular weight is 847 g/mol. The Morgan fingerprint density at radius 1 is 0.542 bits per heavy atom. The molecule has 2 aliphatic rings. The number of rotatable bonds is 33. The zero-order chi connectivity index (χ0) is 43.3. The summed E-state index contributed by atoms with van der Waals surface area (Å²) in [7, 11) is 0. The fourth-order valence-electron chi connectivity index (χ4n) is 6.89. The Hall–Kier alpha value is -2.02. The number of esters is 2. The topological polar surface area (TPSA) is 231 Å². The van der Waals surface area contributed by atoms with Gasteiger partial charge in [-0.15, -0.1) is 0 Å². The molecule has 0 aromatic heterocycles. The van der Waals surface area contributed by atoms with Crippen LogP contribution in [0.25, 0.3) is 0 Å². The van der Waals surface area contributed by atoms with E-state index < -0.39 is 92.7 Å². The Labute approximate surface area is 352 Å². The molecule has 0 aromatic rings. The molecular formula is C44H78O15. The second kappa shape index (κ2) is 32.7. The van der Waals surface area contributed by atoms with Gasteiger partial charge in [-0.25, -0.2) is 0 Å². The van der Waals surface area contributed by atoms with Gasteiger partial charge in [-0.3, -0.25) is 9.59 Å². The van der Waals surface area contributed by atoms with Crippen LogP contribution in [0.5, 0.6) is 0 Å². The molecule has 0 aliphatic carbocycles. The molecule has 0 amide bonds. The van der Waals surface area contributed by atoms with Crippen molar-refractivity contribution in [1.82, 2.24) is 0 Å². The maximum Gasteiger partial charge on any atom is 0.306 e. The summed E-state index contributed by atoms with van der Waals surface area (Å²) in [5.74, 6) is -0.948. The molecular weight excluding hydrogens is 768 g/mol. The number of aliphatic hydroxyl groups is 7. The Bertz CT molecular complexity index is 1140. The Morgan fingerprint density at radius 3 is 1.59 bits per heavy atom. The van der Waals surface area contributed by atoms with Crippen molar-refractivity contribution in [3.05, 3.63) is 24.3 Å². The monoisotopic (exact) mass is 847 g/mol. The molecule has 59 heavy (non-hydrogen) atoms. The lowest BCUT2D eigenvalue weighted by Gasteiger charge is -2.42. The van der Waals surface area contributed by atoms with Gasteiger partial charge in [-0.1, -0.05) is 115 Å². The molecule has 2 fully saturated rings. The Kier molecular flexibility index (Phi) is 29.4. The highest BCUT2D eigenvalue weighted by molar-refractivity contribution is 5.70. The van der Waals surface area contributed by atoms with Crippen molar-refractivity contribution < 1.29 is 73.8 Å². The van der Waals surface area contributed by atoms with E-state index >= 15 is 0 Å². The van der Waals surface area contributed by atoms with E-state index in [4.69, 9.17) is 28.4 Å². The molecule has 344 valence electrons. The second-order valence-corrected chi connectivity index (χ2v) is 15.9. The number of carbonyl (C=O) groups excluding carboxylic acids is 2. The summed E-state index contributed by atoms with van der Waals surface area (Å²) in [6, 6.07) is 0. The summed E-state index contributed by atoms with van der Waals surface area (Å²) in [5, 5.41) is 71.7. The number of hydrogen-bond acceptors (Lipinski definition) is 15. The lowest BCUT2D eigenvalue weighted by atomic mass is 9.98. The van der Waals surface area contributed by atoms with Gasteiger partial charge in [0, 0.05) is 12.8 Å². The molecule has 2 saturated heterocycles. The van der Waals surface area contributed by atoms with E-state index in [-0.39, 0.29) is 26.1 Å². The van der Waals surface area contributed by atoms with Crippen LogP contribution in [0.15, 0.2) is 24.3 Å². The Morgan fingerprint density at radius 2 is 1.02 bits per heavy atom. The zero-order valence-electron chi connectivity index (χ0n) is 35.7. The summed E-state index contributed by atoms with van der Waals surface area (Å²) in [4.78, 5) is 25.5. The summed E-state index contributed by atoms with van der Waals surface area (Å²) < 4.78 is 33.3. The van der Waals surface area contributed by atoms with E-state index in [1.54, 1.807) is 0 Å². The van der Waals surface area contributed by atoms with Gasteiger partial charge in [0.1, 0.15) is 55.4 Å². The summed E-state index contributed by atoms with van der Waals surface area (Å²) >= 11 is 0. The molecule has 0 radical (unpaired) electrons. The minimum atomic E-state index is -1.76. The molecule has 0 aromatic carbocycles. The zero-order valence-corrected chi connectivity index (χ0v) is 35.7. The molecule has 15 heteroatoms. The average Bonchev–Trinajstić information content (AvgIpc) is 3.23. The van der Waals surface area contributed by atoms with Crippen LogP contribution < -0.4 is 0 Å². The van der Waals surface area contributed by atoms with Gasteiger partial charge in [0.15, 0.2) is 18.7 Å². The van der Waals surface area contributed by atoms with Crippen molar-refractivity contribution in [2.24, 2.45) is 0 Å². The smallest absolute Gasteiger partial charge is 0.306 e. The third-order valence-electron chi connectivity index (χ3n) is 10.7. The second-order valence-electron chi connectivity index (χ2n) is 15.9. The maximum absolute atomic E-state index is 12.9. The Balaban J connectivity index is 1.85. The number of allylic oxidation sites excluding steroid dienone is 4. The number of aliphatic hydroxyl groups excluding tert-OH is 7. The minimum absolute atomic E-state index is 0.151. The molecule has 0 saturated carbocycles. The van der Waals surface area contributed by atoms with Gasteiger partial charge >= 0.3 is 11.9 Å². The predicted molar refractivity (Wildman–Crippen MR) is 220 cm³/mol. The van der Waals surface area contributed by atoms with Crippen LogP contribution in [0.3, 0.4) is 0 Å². The maximum atomic E-state index is 12.9. The van der Waals surface area contributed by atoms with Crippen LogP contribution >= 0.6 is 0 Å². The van der Waals surface area contributed by atoms with E-state index in [1.165, 1.54) is 38.5 Å². The third-order valence-corrected chi connectivity index (χ3v) is 10.7. The molecule has 2 rings (SSSR count). The fraction of sp³-hybridized carbons (Fsp3) is 0.864. The van der Waals surface area contributed by atoms with Crippen LogP contribution in [0, 0.1) is 0 Å². The van der Waals surface area contributed by atoms with Crippen LogP contribution in [-0.4, -0.2) is 142 Å². The van der Waals surface area contributed by atoms with Crippen molar-refractivity contribution in [3.63, 3.8) is 0 Å². The van der Waals surface area contributed by atoms with E-state index in [9.17, 15) is 45.3 Å². The van der Waals surface area contributed by atoms with Crippen molar-refractivity contribution in [3.8, 4) is 0 Å². The molecule has 11 unspecified atom stereocenters. The van der Waals surface area contributed by atoms with Crippen molar-refractivity contribution >= 4 is 11.9 Å². The van der Waals surface area contributed by atoms with Crippen LogP contribution in [0.2, 0.25) is 0 Å². The van der Waals surface area contributed by atoms with Crippen molar-refractivity contribution in [1.29, 1.82) is 0 Å². The number of hydrogen-bond donors (Lipinski definition) is 7. The van der Waals surface area contributed by atoms with Crippen LogP contribution in [-0.2, 0) is 38.0 Å². The van der Waals surface area contributed by atoms with Gasteiger partial charge in [0.2, 0.25) is 0 Å². The minimum Gasteiger partial charge on any atom is -0.462 e.